The number of ketones is 1. The Balaban J connectivity index is 2.92. The minimum Gasteiger partial charge on any atom is -0.493 e. The van der Waals surface area contributed by atoms with E-state index in [-0.39, 0.29) is 11.3 Å². The average molecular weight is 374 g/mol. The van der Waals surface area contributed by atoms with E-state index in [9.17, 15) is 9.59 Å². The molecule has 7 nitrogen and oxygen atoms in total. The Kier molecular flexibility index (Phi) is 6.28. The van der Waals surface area contributed by atoms with Crippen LogP contribution in [0, 0.1) is 0 Å². The predicted octanol–water partition coefficient (Wildman–Crippen LogP) is 3.38. The first-order chi connectivity index (χ1) is 12.9. The van der Waals surface area contributed by atoms with Crippen LogP contribution in [0.3, 0.4) is 0 Å². The van der Waals surface area contributed by atoms with E-state index >= 15 is 0 Å². The van der Waals surface area contributed by atoms with Gasteiger partial charge in [0.15, 0.2) is 28.8 Å². The Labute approximate surface area is 157 Å². The zero-order valence-corrected chi connectivity index (χ0v) is 16.2. The largest absolute Gasteiger partial charge is 0.493 e. The van der Waals surface area contributed by atoms with E-state index in [0.29, 0.717) is 39.7 Å². The maximum Gasteiger partial charge on any atom is 0.338 e. The maximum absolute atomic E-state index is 12.1. The zero-order valence-electron chi connectivity index (χ0n) is 16.2. The van der Waals surface area contributed by atoms with Gasteiger partial charge in [0.1, 0.15) is 0 Å². The van der Waals surface area contributed by atoms with E-state index in [4.69, 9.17) is 23.7 Å². The first kappa shape index (κ1) is 20.1. The molecule has 0 saturated carbocycles. The van der Waals surface area contributed by atoms with Crippen LogP contribution in [0.2, 0.25) is 0 Å². The van der Waals surface area contributed by atoms with Crippen molar-refractivity contribution in [3.63, 3.8) is 0 Å². The summed E-state index contributed by atoms with van der Waals surface area (Å²) >= 11 is 0. The molecular formula is C20H22O7. The third-order valence-electron chi connectivity index (χ3n) is 4.08. The number of hydrogen-bond acceptors (Lipinski definition) is 7. The molecule has 0 spiro atoms. The molecule has 0 heterocycles. The average Bonchev–Trinajstić information content (AvgIpc) is 2.70. The Morgan fingerprint density at radius 3 is 1.48 bits per heavy atom. The molecule has 0 N–H and O–H groups in total. The number of hydrogen-bond donors (Lipinski definition) is 0. The van der Waals surface area contributed by atoms with Gasteiger partial charge in [0.05, 0.1) is 41.1 Å². The lowest BCUT2D eigenvalue weighted by atomic mass is 9.96. The molecule has 27 heavy (non-hydrogen) atoms. The van der Waals surface area contributed by atoms with Gasteiger partial charge < -0.3 is 23.7 Å². The third kappa shape index (κ3) is 3.81. The summed E-state index contributed by atoms with van der Waals surface area (Å²) in [5, 5.41) is 0. The van der Waals surface area contributed by atoms with Gasteiger partial charge in [-0.15, -0.1) is 0 Å². The second-order valence-electron chi connectivity index (χ2n) is 5.57. The number of esters is 1. The highest BCUT2D eigenvalue weighted by atomic mass is 16.5. The Morgan fingerprint density at radius 2 is 1.11 bits per heavy atom. The summed E-state index contributed by atoms with van der Waals surface area (Å²) in [6.07, 6.45) is 0. The third-order valence-corrected chi connectivity index (χ3v) is 4.08. The highest BCUT2D eigenvalue weighted by molar-refractivity contribution is 5.99. The molecule has 0 saturated heterocycles. The second kappa shape index (κ2) is 8.44. The number of carbonyl (C=O) groups is 2. The molecule has 0 atom stereocenters. The number of methoxy groups -OCH3 is 5. The molecule has 0 aliphatic heterocycles. The van der Waals surface area contributed by atoms with Crippen molar-refractivity contribution in [2.45, 2.75) is 6.92 Å². The van der Waals surface area contributed by atoms with Gasteiger partial charge in [-0.05, 0) is 31.2 Å². The number of Topliss-reactive ketones (excluding diaryl/α,β-unsaturated/α-hetero) is 1. The van der Waals surface area contributed by atoms with Crippen molar-refractivity contribution in [3.8, 4) is 34.1 Å². The minimum absolute atomic E-state index is 0.146. The van der Waals surface area contributed by atoms with Gasteiger partial charge in [0.2, 0.25) is 0 Å². The van der Waals surface area contributed by atoms with Crippen molar-refractivity contribution in [2.75, 3.05) is 35.5 Å². The zero-order chi connectivity index (χ0) is 20.1. The molecule has 0 fully saturated rings. The van der Waals surface area contributed by atoms with Gasteiger partial charge in [0, 0.05) is 16.7 Å². The monoisotopic (exact) mass is 374 g/mol. The number of carbonyl (C=O) groups excluding carboxylic acids is 2. The Morgan fingerprint density at radius 1 is 0.667 bits per heavy atom. The maximum atomic E-state index is 12.1. The topological polar surface area (TPSA) is 80.3 Å². The van der Waals surface area contributed by atoms with Crippen LogP contribution in [0.25, 0.3) is 11.1 Å². The fraction of sp³-hybridized carbons (Fsp3) is 0.300. The van der Waals surface area contributed by atoms with Gasteiger partial charge in [-0.1, -0.05) is 0 Å². The molecule has 2 aromatic rings. The molecule has 0 amide bonds. The van der Waals surface area contributed by atoms with E-state index in [1.54, 1.807) is 18.2 Å². The van der Waals surface area contributed by atoms with Gasteiger partial charge >= 0.3 is 5.97 Å². The SMILES string of the molecule is COC(=O)c1cc(OC)c(OC)c(-c2cc(C(C)=O)cc(OC)c2OC)c1. The molecule has 0 bridgehead atoms. The summed E-state index contributed by atoms with van der Waals surface area (Å²) in [4.78, 5) is 24.1. The number of benzene rings is 2. The van der Waals surface area contributed by atoms with E-state index in [2.05, 4.69) is 0 Å². The van der Waals surface area contributed by atoms with E-state index in [1.807, 2.05) is 0 Å². The fourth-order valence-corrected chi connectivity index (χ4v) is 2.77. The Bertz CT molecular complexity index is 871. The van der Waals surface area contributed by atoms with Crippen molar-refractivity contribution < 1.29 is 33.3 Å². The van der Waals surface area contributed by atoms with Crippen LogP contribution in [0.15, 0.2) is 24.3 Å². The van der Waals surface area contributed by atoms with Crippen LogP contribution in [0.5, 0.6) is 23.0 Å². The van der Waals surface area contributed by atoms with Crippen LogP contribution in [0.1, 0.15) is 27.6 Å². The van der Waals surface area contributed by atoms with Crippen molar-refractivity contribution in [2.24, 2.45) is 0 Å². The van der Waals surface area contributed by atoms with Crippen molar-refractivity contribution in [1.29, 1.82) is 0 Å². The summed E-state index contributed by atoms with van der Waals surface area (Å²) in [5.74, 6) is 0.809. The Hall–Kier alpha value is -3.22. The van der Waals surface area contributed by atoms with Crippen molar-refractivity contribution in [3.05, 3.63) is 35.4 Å². The lowest BCUT2D eigenvalue weighted by Gasteiger charge is -2.19. The van der Waals surface area contributed by atoms with E-state index in [0.717, 1.165) is 0 Å². The standard InChI is InChI=1S/C20H22O7/c1-11(21)12-7-14(18(25-4)16(9-12)23-2)15-8-13(20(22)27-6)10-17(24-3)19(15)26-5/h7-10H,1-6H3. The minimum atomic E-state index is -0.536. The van der Waals surface area contributed by atoms with E-state index in [1.165, 1.54) is 48.5 Å². The lowest BCUT2D eigenvalue weighted by molar-refractivity contribution is 0.0600. The number of rotatable bonds is 7. The second-order valence-corrected chi connectivity index (χ2v) is 5.57. The summed E-state index contributed by atoms with van der Waals surface area (Å²) in [5.41, 5.74) is 1.70. The molecule has 2 aromatic carbocycles. The predicted molar refractivity (Wildman–Crippen MR) is 99.4 cm³/mol. The van der Waals surface area contributed by atoms with E-state index < -0.39 is 5.97 Å². The first-order valence-corrected chi connectivity index (χ1v) is 8.03. The summed E-state index contributed by atoms with van der Waals surface area (Å²) in [6, 6.07) is 6.36. The van der Waals surface area contributed by atoms with Gasteiger partial charge in [0.25, 0.3) is 0 Å². The van der Waals surface area contributed by atoms with Crippen LogP contribution >= 0.6 is 0 Å². The summed E-state index contributed by atoms with van der Waals surface area (Å²) in [7, 11) is 7.21. The van der Waals surface area contributed by atoms with Crippen molar-refractivity contribution >= 4 is 11.8 Å². The molecule has 0 radical (unpaired) electrons. The molecule has 0 aromatic heterocycles. The van der Waals surface area contributed by atoms with Crippen LogP contribution in [-0.4, -0.2) is 47.3 Å². The van der Waals surface area contributed by atoms with Crippen LogP contribution in [0.4, 0.5) is 0 Å². The van der Waals surface area contributed by atoms with Gasteiger partial charge in [-0.2, -0.15) is 0 Å². The quantitative estimate of drug-likeness (QED) is 0.543. The van der Waals surface area contributed by atoms with Crippen molar-refractivity contribution in [1.82, 2.24) is 0 Å². The highest BCUT2D eigenvalue weighted by Crippen LogP contribution is 2.46. The molecule has 2 rings (SSSR count). The molecule has 0 unspecified atom stereocenters. The molecule has 0 aliphatic carbocycles. The molecule has 7 heteroatoms. The fourth-order valence-electron chi connectivity index (χ4n) is 2.77. The van der Waals surface area contributed by atoms with Gasteiger partial charge in [-0.25, -0.2) is 4.79 Å². The molecule has 144 valence electrons. The molecular weight excluding hydrogens is 352 g/mol. The van der Waals surface area contributed by atoms with Gasteiger partial charge in [-0.3, -0.25) is 4.79 Å². The van der Waals surface area contributed by atoms with Crippen LogP contribution in [-0.2, 0) is 4.74 Å². The smallest absolute Gasteiger partial charge is 0.338 e. The number of ether oxygens (including phenoxy) is 5. The first-order valence-electron chi connectivity index (χ1n) is 8.03. The van der Waals surface area contributed by atoms with Crippen LogP contribution < -0.4 is 18.9 Å². The summed E-state index contributed by atoms with van der Waals surface area (Å²) < 4.78 is 26.6. The lowest BCUT2D eigenvalue weighted by Crippen LogP contribution is -2.05. The highest BCUT2D eigenvalue weighted by Gasteiger charge is 2.23. The normalized spacial score (nSPS) is 10.1. The summed E-state index contributed by atoms with van der Waals surface area (Å²) in [6.45, 7) is 1.45. The molecule has 0 aliphatic rings.